The van der Waals surface area contributed by atoms with Crippen LogP contribution in [0.1, 0.15) is 99.8 Å². The molecule has 0 aliphatic rings. The van der Waals surface area contributed by atoms with E-state index in [0.29, 0.717) is 12.0 Å². The minimum absolute atomic E-state index is 0.0173. The van der Waals surface area contributed by atoms with Crippen LogP contribution in [0, 0.1) is 5.92 Å². The fourth-order valence-electron chi connectivity index (χ4n) is 4.85. The molecular weight excluding hydrogens is 586 g/mol. The number of benzene rings is 2. The number of nitrogens with one attached hydrogen (secondary N) is 2. The molecule has 10 nitrogen and oxygen atoms in total. The van der Waals surface area contributed by atoms with E-state index in [4.69, 9.17) is 9.47 Å². The average molecular weight is 640 g/mol. The van der Waals surface area contributed by atoms with E-state index >= 15 is 0 Å². The topological polar surface area (TPSA) is 134 Å². The van der Waals surface area contributed by atoms with Crippen molar-refractivity contribution in [3.05, 3.63) is 65.7 Å². The third kappa shape index (κ3) is 11.7. The van der Waals surface area contributed by atoms with Gasteiger partial charge in [-0.15, -0.1) is 0 Å². The Morgan fingerprint density at radius 1 is 0.804 bits per heavy atom. The molecule has 4 atom stereocenters. The molecule has 3 N–H and O–H groups in total. The highest BCUT2D eigenvalue weighted by Crippen LogP contribution is 2.32. The first kappa shape index (κ1) is 38.1. The number of nitrogens with zero attached hydrogens (tertiary/aromatic N) is 1. The Hall–Kier alpha value is -4.08. The van der Waals surface area contributed by atoms with Gasteiger partial charge in [0.1, 0.15) is 35.1 Å². The van der Waals surface area contributed by atoms with Gasteiger partial charge in [0.25, 0.3) is 0 Å². The lowest BCUT2D eigenvalue weighted by Gasteiger charge is -2.44. The lowest BCUT2D eigenvalue weighted by atomic mass is 9.91. The van der Waals surface area contributed by atoms with Gasteiger partial charge in [-0.05, 0) is 91.5 Å². The molecule has 0 aliphatic heterocycles. The van der Waals surface area contributed by atoms with Crippen molar-refractivity contribution in [3.8, 4) is 5.75 Å². The van der Waals surface area contributed by atoms with E-state index in [1.54, 1.807) is 74.4 Å². The van der Waals surface area contributed by atoms with Gasteiger partial charge in [-0.3, -0.25) is 9.59 Å². The number of esters is 1. The molecule has 0 fully saturated rings. The second kappa shape index (κ2) is 15.5. The van der Waals surface area contributed by atoms with E-state index in [2.05, 4.69) is 10.6 Å². The van der Waals surface area contributed by atoms with Crippen LogP contribution in [0.2, 0.25) is 0 Å². The second-order valence-corrected chi connectivity index (χ2v) is 14.7. The van der Waals surface area contributed by atoms with E-state index < -0.39 is 58.7 Å². The Morgan fingerprint density at radius 3 is 1.83 bits per heavy atom. The van der Waals surface area contributed by atoms with Crippen LogP contribution >= 0.6 is 0 Å². The maximum Gasteiger partial charge on any atom is 0.408 e. The van der Waals surface area contributed by atoms with Gasteiger partial charge in [-0.2, -0.15) is 0 Å². The van der Waals surface area contributed by atoms with Gasteiger partial charge in [0, 0.05) is 12.0 Å². The Balaban J connectivity index is 2.66. The highest BCUT2D eigenvalue weighted by molar-refractivity contribution is 5.94. The zero-order chi connectivity index (χ0) is 35.0. The summed E-state index contributed by atoms with van der Waals surface area (Å²) in [7, 11) is 0. The summed E-state index contributed by atoms with van der Waals surface area (Å²) in [6.07, 6.45) is -0.0421. The van der Waals surface area contributed by atoms with E-state index in [-0.39, 0.29) is 18.1 Å². The van der Waals surface area contributed by atoms with Gasteiger partial charge in [-0.1, -0.05) is 62.7 Å². The lowest BCUT2D eigenvalue weighted by Crippen LogP contribution is -2.61. The van der Waals surface area contributed by atoms with Crippen LogP contribution in [0.4, 0.5) is 4.79 Å². The number of hydrogen-bond donors (Lipinski definition) is 3. The smallest absolute Gasteiger partial charge is 0.408 e. The standard InChI is InChI=1S/C36H53N3O7/c1-12-23(2)28(38-33(44)46-36(9,10)11)31(42)39(34(3,4)5)29(25-18-20-26(40)21-19-25)30(41)37-27(32(43)45-35(6,7)8)22-24-16-14-13-15-17-24/h13-21,23,27-29,40H,12,22H2,1-11H3,(H,37,41)(H,38,44). The summed E-state index contributed by atoms with van der Waals surface area (Å²) >= 11 is 0. The fourth-order valence-corrected chi connectivity index (χ4v) is 4.85. The Morgan fingerprint density at radius 2 is 1.35 bits per heavy atom. The Bertz CT molecular complexity index is 1320. The number of rotatable bonds is 11. The minimum atomic E-state index is -1.25. The van der Waals surface area contributed by atoms with E-state index in [0.717, 1.165) is 5.56 Å². The molecule has 0 saturated heterocycles. The molecule has 0 saturated carbocycles. The summed E-state index contributed by atoms with van der Waals surface area (Å²) in [5.74, 6) is -2.08. The first-order chi connectivity index (χ1) is 21.1. The van der Waals surface area contributed by atoms with Crippen LogP contribution in [-0.2, 0) is 30.3 Å². The van der Waals surface area contributed by atoms with Gasteiger partial charge in [0.15, 0.2) is 0 Å². The van der Waals surface area contributed by atoms with Crippen LogP contribution in [0.25, 0.3) is 0 Å². The maximum atomic E-state index is 14.6. The molecule has 2 rings (SSSR count). The van der Waals surface area contributed by atoms with Crippen LogP contribution < -0.4 is 10.6 Å². The molecule has 0 spiro atoms. The van der Waals surface area contributed by atoms with Crippen LogP contribution in [-0.4, -0.2) is 62.7 Å². The average Bonchev–Trinajstić information content (AvgIpc) is 2.92. The predicted molar refractivity (Wildman–Crippen MR) is 178 cm³/mol. The predicted octanol–water partition coefficient (Wildman–Crippen LogP) is 6.07. The van der Waals surface area contributed by atoms with Crippen LogP contribution in [0.15, 0.2) is 54.6 Å². The zero-order valence-corrected chi connectivity index (χ0v) is 29.3. The van der Waals surface area contributed by atoms with Gasteiger partial charge in [-0.25, -0.2) is 9.59 Å². The SMILES string of the molecule is CCC(C)C(NC(=O)OC(C)(C)C)C(=O)N(C(C(=O)NC(Cc1ccccc1)C(=O)OC(C)(C)C)c1ccc(O)cc1)C(C)(C)C. The highest BCUT2D eigenvalue weighted by atomic mass is 16.6. The Kier molecular flexibility index (Phi) is 12.8. The van der Waals surface area contributed by atoms with Crippen molar-refractivity contribution in [2.75, 3.05) is 0 Å². The summed E-state index contributed by atoms with van der Waals surface area (Å²) in [6, 6.07) is 11.9. The number of hydrogen-bond acceptors (Lipinski definition) is 7. The Labute approximate surface area is 274 Å². The number of carbonyl (C=O) groups excluding carboxylic acids is 4. The third-order valence-electron chi connectivity index (χ3n) is 7.12. The highest BCUT2D eigenvalue weighted by Gasteiger charge is 2.44. The monoisotopic (exact) mass is 639 g/mol. The maximum absolute atomic E-state index is 14.6. The molecule has 10 heteroatoms. The van der Waals surface area contributed by atoms with Gasteiger partial charge < -0.3 is 30.1 Å². The van der Waals surface area contributed by atoms with Crippen molar-refractivity contribution in [1.82, 2.24) is 15.5 Å². The van der Waals surface area contributed by atoms with Crippen LogP contribution in [0.5, 0.6) is 5.75 Å². The van der Waals surface area contributed by atoms with E-state index in [1.807, 2.05) is 44.2 Å². The van der Waals surface area contributed by atoms with Gasteiger partial charge >= 0.3 is 12.1 Å². The molecule has 0 aliphatic carbocycles. The molecule has 0 bridgehead atoms. The number of amides is 3. The second-order valence-electron chi connectivity index (χ2n) is 14.7. The van der Waals surface area contributed by atoms with Crippen molar-refractivity contribution in [3.63, 3.8) is 0 Å². The molecule has 3 amide bonds. The normalized spacial score (nSPS) is 14.7. The number of aromatic hydroxyl groups is 1. The summed E-state index contributed by atoms with van der Waals surface area (Å²) in [4.78, 5) is 56.9. The third-order valence-corrected chi connectivity index (χ3v) is 7.12. The summed E-state index contributed by atoms with van der Waals surface area (Å²) < 4.78 is 11.2. The zero-order valence-electron chi connectivity index (χ0n) is 29.3. The first-order valence-corrected chi connectivity index (χ1v) is 15.8. The van der Waals surface area contributed by atoms with Gasteiger partial charge in [0.05, 0.1) is 0 Å². The van der Waals surface area contributed by atoms with Crippen molar-refractivity contribution < 1.29 is 33.8 Å². The number of ether oxygens (including phenoxy) is 2. The quantitative estimate of drug-likeness (QED) is 0.254. The molecule has 0 heterocycles. The number of phenolic OH excluding ortho intramolecular Hbond substituents is 1. The number of phenols is 1. The molecule has 46 heavy (non-hydrogen) atoms. The van der Waals surface area contributed by atoms with Crippen molar-refractivity contribution in [1.29, 1.82) is 0 Å². The lowest BCUT2D eigenvalue weighted by molar-refractivity contribution is -0.159. The van der Waals surface area contributed by atoms with Crippen molar-refractivity contribution in [2.45, 2.75) is 124 Å². The molecule has 0 radical (unpaired) electrons. The number of carbonyl (C=O) groups is 4. The van der Waals surface area contributed by atoms with Crippen molar-refractivity contribution >= 4 is 23.9 Å². The van der Waals surface area contributed by atoms with E-state index in [9.17, 15) is 24.3 Å². The molecule has 2 aromatic carbocycles. The molecule has 4 unspecified atom stereocenters. The molecule has 2 aromatic rings. The van der Waals surface area contributed by atoms with Gasteiger partial charge in [0.2, 0.25) is 11.8 Å². The molecule has 0 aromatic heterocycles. The fraction of sp³-hybridized carbons (Fsp3) is 0.556. The van der Waals surface area contributed by atoms with E-state index in [1.165, 1.54) is 17.0 Å². The van der Waals surface area contributed by atoms with Crippen LogP contribution in [0.3, 0.4) is 0 Å². The largest absolute Gasteiger partial charge is 0.508 e. The summed E-state index contributed by atoms with van der Waals surface area (Å²) in [5, 5.41) is 15.7. The molecule has 254 valence electrons. The first-order valence-electron chi connectivity index (χ1n) is 15.8. The minimum Gasteiger partial charge on any atom is -0.508 e. The summed E-state index contributed by atoms with van der Waals surface area (Å²) in [5.41, 5.74) is -1.33. The number of alkyl carbamates (subject to hydrolysis) is 1. The molecular formula is C36H53N3O7. The summed E-state index contributed by atoms with van der Waals surface area (Å²) in [6.45, 7) is 19.6. The van der Waals surface area contributed by atoms with Crippen molar-refractivity contribution in [2.24, 2.45) is 5.92 Å².